The molecule has 0 aromatic rings. The van der Waals surface area contributed by atoms with E-state index in [9.17, 15) is 0 Å². The predicted octanol–water partition coefficient (Wildman–Crippen LogP) is 4.74. The third kappa shape index (κ3) is 13.7. The molecule has 0 amide bonds. The van der Waals surface area contributed by atoms with E-state index in [2.05, 4.69) is 17.4 Å². The van der Waals surface area contributed by atoms with Crippen molar-refractivity contribution in [2.75, 3.05) is 6.54 Å². The maximum absolute atomic E-state index is 8.51. The smallest absolute Gasteiger partial charge is 0.0631 e. The second-order valence-electron chi connectivity index (χ2n) is 6.08. The first-order chi connectivity index (χ1) is 9.12. The average Bonchev–Trinajstić information content (AvgIpc) is 2.36. The van der Waals surface area contributed by atoms with Crippen LogP contribution in [-0.4, -0.2) is 23.5 Å². The van der Waals surface area contributed by atoms with Crippen molar-refractivity contribution in [3.8, 4) is 0 Å². The summed E-state index contributed by atoms with van der Waals surface area (Å²) in [4.78, 5) is 0. The topological polar surface area (TPSA) is 44.6 Å². The molecule has 114 valence electrons. The number of oxime groups is 1. The van der Waals surface area contributed by atoms with Crippen molar-refractivity contribution < 1.29 is 5.21 Å². The molecule has 0 unspecified atom stereocenters. The molecule has 2 N–H and O–H groups in total. The van der Waals surface area contributed by atoms with Gasteiger partial charge < -0.3 is 10.5 Å². The van der Waals surface area contributed by atoms with Crippen molar-refractivity contribution in [1.82, 2.24) is 5.32 Å². The molecular weight excluding hydrogens is 236 g/mol. The molecule has 3 heteroatoms. The largest absolute Gasteiger partial charge is 0.411 e. The van der Waals surface area contributed by atoms with Crippen LogP contribution in [0, 0.1) is 0 Å². The quantitative estimate of drug-likeness (QED) is 0.220. The first-order valence-corrected chi connectivity index (χ1v) is 8.06. The van der Waals surface area contributed by atoms with Gasteiger partial charge in [0.05, 0.1) is 11.8 Å². The van der Waals surface area contributed by atoms with Gasteiger partial charge in [-0.15, -0.1) is 5.16 Å². The van der Waals surface area contributed by atoms with Gasteiger partial charge in [0.1, 0.15) is 0 Å². The molecule has 0 saturated carbocycles. The van der Waals surface area contributed by atoms with E-state index in [0.29, 0.717) is 0 Å². The molecule has 3 nitrogen and oxygen atoms in total. The lowest BCUT2D eigenvalue weighted by atomic mass is 10.1. The zero-order chi connectivity index (χ0) is 14.4. The van der Waals surface area contributed by atoms with Crippen LogP contribution in [0.25, 0.3) is 0 Å². The van der Waals surface area contributed by atoms with Crippen molar-refractivity contribution in [2.45, 2.75) is 90.5 Å². The Hall–Kier alpha value is -0.570. The van der Waals surface area contributed by atoms with Crippen molar-refractivity contribution in [3.05, 3.63) is 0 Å². The van der Waals surface area contributed by atoms with Gasteiger partial charge in [-0.05, 0) is 26.8 Å². The number of rotatable bonds is 13. The van der Waals surface area contributed by atoms with E-state index < -0.39 is 0 Å². The number of hydrogen-bond donors (Lipinski definition) is 2. The first kappa shape index (κ1) is 18.4. The highest BCUT2D eigenvalue weighted by Crippen LogP contribution is 2.10. The van der Waals surface area contributed by atoms with Gasteiger partial charge in [0.25, 0.3) is 0 Å². The van der Waals surface area contributed by atoms with Gasteiger partial charge in [0, 0.05) is 0 Å². The van der Waals surface area contributed by atoms with Gasteiger partial charge in [-0.25, -0.2) is 0 Å². The highest BCUT2D eigenvalue weighted by Gasteiger charge is 2.12. The third-order valence-electron chi connectivity index (χ3n) is 3.49. The summed E-state index contributed by atoms with van der Waals surface area (Å²) >= 11 is 0. The molecule has 0 saturated heterocycles. The lowest BCUT2D eigenvalue weighted by molar-refractivity contribution is 0.315. The number of unbranched alkanes of at least 4 members (excludes halogenated alkanes) is 9. The van der Waals surface area contributed by atoms with Gasteiger partial charge >= 0.3 is 0 Å². The van der Waals surface area contributed by atoms with Crippen LogP contribution in [0.15, 0.2) is 5.16 Å². The fourth-order valence-corrected chi connectivity index (χ4v) is 2.21. The van der Waals surface area contributed by atoms with Gasteiger partial charge in [-0.2, -0.15) is 0 Å². The van der Waals surface area contributed by atoms with Gasteiger partial charge in [-0.1, -0.05) is 64.7 Å². The second kappa shape index (κ2) is 12.5. The molecule has 0 rings (SSSR count). The Labute approximate surface area is 119 Å². The van der Waals surface area contributed by atoms with Crippen LogP contribution in [0.3, 0.4) is 0 Å². The summed E-state index contributed by atoms with van der Waals surface area (Å²) < 4.78 is 0. The maximum atomic E-state index is 8.51. The Morgan fingerprint density at radius 3 is 1.84 bits per heavy atom. The van der Waals surface area contributed by atoms with E-state index in [4.69, 9.17) is 5.21 Å². The average molecular weight is 270 g/mol. The zero-order valence-corrected chi connectivity index (χ0v) is 13.2. The predicted molar refractivity (Wildman–Crippen MR) is 84.2 cm³/mol. The Morgan fingerprint density at radius 2 is 1.37 bits per heavy atom. The minimum Gasteiger partial charge on any atom is -0.411 e. The van der Waals surface area contributed by atoms with E-state index >= 15 is 0 Å². The van der Waals surface area contributed by atoms with E-state index in [0.717, 1.165) is 6.54 Å². The van der Waals surface area contributed by atoms with Crippen LogP contribution >= 0.6 is 0 Å². The normalized spacial score (nSPS) is 12.4. The molecule has 0 aliphatic heterocycles. The fourth-order valence-electron chi connectivity index (χ4n) is 2.21. The standard InChI is InChI=1S/C16H34N2O/c1-4-5-6-7-8-9-10-11-12-13-14-17-16(2,3)15-18-19/h15,17,19H,4-14H2,1-3H3. The summed E-state index contributed by atoms with van der Waals surface area (Å²) in [6.07, 6.45) is 15.2. The van der Waals surface area contributed by atoms with Gasteiger partial charge in [-0.3, -0.25) is 0 Å². The van der Waals surface area contributed by atoms with Crippen LogP contribution in [0.5, 0.6) is 0 Å². The Bertz CT molecular complexity index is 215. The van der Waals surface area contributed by atoms with Crippen LogP contribution in [-0.2, 0) is 0 Å². The monoisotopic (exact) mass is 270 g/mol. The summed E-state index contributed by atoms with van der Waals surface area (Å²) in [5, 5.41) is 15.0. The molecule has 0 aliphatic carbocycles. The maximum Gasteiger partial charge on any atom is 0.0631 e. The Kier molecular flexibility index (Phi) is 12.1. The summed E-state index contributed by atoms with van der Waals surface area (Å²) in [5.74, 6) is 0. The van der Waals surface area contributed by atoms with E-state index in [1.165, 1.54) is 64.2 Å². The lowest BCUT2D eigenvalue weighted by Gasteiger charge is -2.20. The molecule has 0 aliphatic rings. The number of hydrogen-bond acceptors (Lipinski definition) is 3. The third-order valence-corrected chi connectivity index (χ3v) is 3.49. The van der Waals surface area contributed by atoms with Crippen molar-refractivity contribution >= 4 is 6.21 Å². The fraction of sp³-hybridized carbons (Fsp3) is 0.938. The van der Waals surface area contributed by atoms with Crippen molar-refractivity contribution in [1.29, 1.82) is 0 Å². The summed E-state index contributed by atoms with van der Waals surface area (Å²) in [5.41, 5.74) is -0.200. The summed E-state index contributed by atoms with van der Waals surface area (Å²) in [7, 11) is 0. The Balaban J connectivity index is 3.19. The van der Waals surface area contributed by atoms with Crippen LogP contribution in [0.4, 0.5) is 0 Å². The van der Waals surface area contributed by atoms with Crippen molar-refractivity contribution in [2.24, 2.45) is 5.16 Å². The van der Waals surface area contributed by atoms with E-state index in [1.807, 2.05) is 13.8 Å². The summed E-state index contributed by atoms with van der Waals surface area (Å²) in [6, 6.07) is 0. The van der Waals surface area contributed by atoms with Gasteiger partial charge in [0.15, 0.2) is 0 Å². The van der Waals surface area contributed by atoms with Crippen LogP contribution < -0.4 is 5.32 Å². The summed E-state index contributed by atoms with van der Waals surface area (Å²) in [6.45, 7) is 7.29. The second-order valence-corrected chi connectivity index (χ2v) is 6.08. The minimum atomic E-state index is -0.200. The highest BCUT2D eigenvalue weighted by atomic mass is 16.4. The molecule has 0 bridgehead atoms. The molecule has 0 atom stereocenters. The van der Waals surface area contributed by atoms with Crippen LogP contribution in [0.1, 0.15) is 85.0 Å². The number of nitrogens with zero attached hydrogens (tertiary/aromatic N) is 1. The molecule has 0 aromatic carbocycles. The molecule has 0 heterocycles. The van der Waals surface area contributed by atoms with Gasteiger partial charge in [0.2, 0.25) is 0 Å². The van der Waals surface area contributed by atoms with Crippen LogP contribution in [0.2, 0.25) is 0 Å². The highest BCUT2D eigenvalue weighted by molar-refractivity contribution is 5.68. The number of nitrogens with one attached hydrogen (secondary N) is 1. The first-order valence-electron chi connectivity index (χ1n) is 8.06. The molecule has 19 heavy (non-hydrogen) atoms. The van der Waals surface area contributed by atoms with Crippen molar-refractivity contribution in [3.63, 3.8) is 0 Å². The SMILES string of the molecule is CCCCCCCCCCCCNC(C)(C)C=NO. The minimum absolute atomic E-state index is 0.200. The molecule has 0 spiro atoms. The molecule has 0 radical (unpaired) electrons. The molecular formula is C16H34N2O. The molecule has 0 aromatic heterocycles. The van der Waals surface area contributed by atoms with E-state index in [-0.39, 0.29) is 5.54 Å². The lowest BCUT2D eigenvalue weighted by Crippen LogP contribution is -2.41. The van der Waals surface area contributed by atoms with E-state index in [1.54, 1.807) is 6.21 Å². The zero-order valence-electron chi connectivity index (χ0n) is 13.2. The molecule has 0 fully saturated rings. The Morgan fingerprint density at radius 1 is 0.895 bits per heavy atom.